The number of halogens is 1. The number of ether oxygens (including phenoxy) is 2. The van der Waals surface area contributed by atoms with E-state index in [9.17, 15) is 0 Å². The number of hydrogen-bond donors (Lipinski definition) is 1. The molecule has 0 amide bonds. The van der Waals surface area contributed by atoms with E-state index in [0.717, 1.165) is 24.6 Å². The van der Waals surface area contributed by atoms with E-state index in [4.69, 9.17) is 9.47 Å². The van der Waals surface area contributed by atoms with Crippen LogP contribution in [0.15, 0.2) is 48.5 Å². The van der Waals surface area contributed by atoms with Gasteiger partial charge < -0.3 is 14.8 Å². The van der Waals surface area contributed by atoms with Crippen LogP contribution in [0.4, 0.5) is 0 Å². The molecule has 0 heterocycles. The highest BCUT2D eigenvalue weighted by Gasteiger charge is 2.01. The van der Waals surface area contributed by atoms with Gasteiger partial charge in [0, 0.05) is 18.7 Å². The molecule has 0 aromatic heterocycles. The lowest BCUT2D eigenvalue weighted by molar-refractivity contribution is 0.340. The molecule has 0 fully saturated rings. The summed E-state index contributed by atoms with van der Waals surface area (Å²) in [5.74, 6) is 1.84. The maximum Gasteiger partial charge on any atom is 0.123 e. The Morgan fingerprint density at radius 3 is 2.33 bits per heavy atom. The molecule has 0 atom stereocenters. The van der Waals surface area contributed by atoms with E-state index >= 15 is 0 Å². The summed E-state index contributed by atoms with van der Waals surface area (Å²) in [5.41, 5.74) is 2.41. The van der Waals surface area contributed by atoms with Gasteiger partial charge in [-0.1, -0.05) is 30.3 Å². The molecular weight excluding hydrogens is 330 g/mol. The summed E-state index contributed by atoms with van der Waals surface area (Å²) in [5, 5.41) is 3.42. The molecule has 21 heavy (non-hydrogen) atoms. The number of nitrogens with one attached hydrogen (secondary N) is 1. The number of benzene rings is 2. The Bertz CT molecular complexity index is 529. The van der Waals surface area contributed by atoms with E-state index < -0.39 is 0 Å². The molecule has 0 saturated heterocycles. The van der Waals surface area contributed by atoms with Crippen LogP contribution in [0.25, 0.3) is 0 Å². The first-order chi connectivity index (χ1) is 9.83. The number of methoxy groups -OCH3 is 1. The third kappa shape index (κ3) is 5.40. The van der Waals surface area contributed by atoms with Gasteiger partial charge in [0.15, 0.2) is 0 Å². The molecule has 0 aliphatic rings. The van der Waals surface area contributed by atoms with Crippen LogP contribution in [-0.4, -0.2) is 13.7 Å². The Labute approximate surface area is 137 Å². The Hall–Kier alpha value is -1.52. The van der Waals surface area contributed by atoms with E-state index in [-0.39, 0.29) is 17.0 Å². The van der Waals surface area contributed by atoms with Crippen molar-refractivity contribution in [3.63, 3.8) is 0 Å². The number of rotatable bonds is 7. The van der Waals surface area contributed by atoms with Gasteiger partial charge in [-0.2, -0.15) is 0 Å². The fourth-order valence-electron chi connectivity index (χ4n) is 2.06. The highest BCUT2D eigenvalue weighted by Crippen LogP contribution is 2.17. The molecule has 0 radical (unpaired) electrons. The molecule has 3 nitrogen and oxygen atoms in total. The molecule has 0 aliphatic carbocycles. The van der Waals surface area contributed by atoms with Gasteiger partial charge in [0.1, 0.15) is 11.5 Å². The van der Waals surface area contributed by atoms with Gasteiger partial charge in [0.05, 0.1) is 13.7 Å². The summed E-state index contributed by atoms with van der Waals surface area (Å²) in [7, 11) is 1.70. The van der Waals surface area contributed by atoms with Gasteiger partial charge in [0.2, 0.25) is 0 Å². The van der Waals surface area contributed by atoms with E-state index in [0.29, 0.717) is 6.61 Å². The van der Waals surface area contributed by atoms with Gasteiger partial charge in [-0.25, -0.2) is 0 Å². The second-order valence-corrected chi connectivity index (χ2v) is 4.49. The average Bonchev–Trinajstić information content (AvgIpc) is 2.50. The van der Waals surface area contributed by atoms with Crippen LogP contribution < -0.4 is 14.8 Å². The summed E-state index contributed by atoms with van der Waals surface area (Å²) in [6.45, 7) is 4.30. The Morgan fingerprint density at radius 1 is 0.952 bits per heavy atom. The summed E-state index contributed by atoms with van der Waals surface area (Å²) >= 11 is 0. The maximum atomic E-state index is 5.43. The van der Waals surface area contributed by atoms with Gasteiger partial charge in [-0.05, 0) is 30.7 Å². The Kier molecular flexibility index (Phi) is 7.87. The SMILES string of the molecule is Br.CCOc1ccc(CNCc2ccccc2OC)cc1. The molecule has 0 bridgehead atoms. The van der Waals surface area contributed by atoms with Crippen LogP contribution in [-0.2, 0) is 13.1 Å². The second kappa shape index (κ2) is 9.42. The fraction of sp³-hybridized carbons (Fsp3) is 0.294. The largest absolute Gasteiger partial charge is 0.496 e. The zero-order chi connectivity index (χ0) is 14.2. The molecule has 1 N–H and O–H groups in total. The Balaban J connectivity index is 0.00000220. The van der Waals surface area contributed by atoms with Crippen molar-refractivity contribution in [1.82, 2.24) is 5.32 Å². The summed E-state index contributed by atoms with van der Waals surface area (Å²) < 4.78 is 10.8. The van der Waals surface area contributed by atoms with E-state index in [1.165, 1.54) is 11.1 Å². The first-order valence-electron chi connectivity index (χ1n) is 6.88. The third-order valence-corrected chi connectivity index (χ3v) is 3.07. The molecule has 114 valence electrons. The first-order valence-corrected chi connectivity index (χ1v) is 6.88. The monoisotopic (exact) mass is 351 g/mol. The zero-order valence-corrected chi connectivity index (χ0v) is 14.2. The minimum absolute atomic E-state index is 0. The Morgan fingerprint density at radius 2 is 1.67 bits per heavy atom. The lowest BCUT2D eigenvalue weighted by Crippen LogP contribution is -2.13. The van der Waals surface area contributed by atoms with Gasteiger partial charge in [-0.15, -0.1) is 17.0 Å². The third-order valence-electron chi connectivity index (χ3n) is 3.07. The molecule has 0 aliphatic heterocycles. The van der Waals surface area contributed by atoms with Gasteiger partial charge in [0.25, 0.3) is 0 Å². The van der Waals surface area contributed by atoms with Crippen molar-refractivity contribution in [3.8, 4) is 11.5 Å². The predicted octanol–water partition coefficient (Wildman–Crippen LogP) is 3.96. The number of hydrogen-bond acceptors (Lipinski definition) is 3. The summed E-state index contributed by atoms with van der Waals surface area (Å²) in [6, 6.07) is 16.2. The second-order valence-electron chi connectivity index (χ2n) is 4.49. The topological polar surface area (TPSA) is 30.5 Å². The molecule has 4 heteroatoms. The van der Waals surface area contributed by atoms with Crippen LogP contribution in [0.1, 0.15) is 18.1 Å². The van der Waals surface area contributed by atoms with Crippen molar-refractivity contribution in [2.45, 2.75) is 20.0 Å². The average molecular weight is 352 g/mol. The molecule has 2 rings (SSSR count). The highest BCUT2D eigenvalue weighted by atomic mass is 79.9. The van der Waals surface area contributed by atoms with Crippen molar-refractivity contribution < 1.29 is 9.47 Å². The molecule has 2 aromatic carbocycles. The first kappa shape index (κ1) is 17.5. The predicted molar refractivity (Wildman–Crippen MR) is 91.5 cm³/mol. The molecule has 0 spiro atoms. The minimum Gasteiger partial charge on any atom is -0.496 e. The van der Waals surface area contributed by atoms with Crippen LogP contribution in [0.2, 0.25) is 0 Å². The minimum atomic E-state index is 0. The lowest BCUT2D eigenvalue weighted by Gasteiger charge is -2.10. The van der Waals surface area contributed by atoms with E-state index in [1.54, 1.807) is 7.11 Å². The summed E-state index contributed by atoms with van der Waals surface area (Å²) in [4.78, 5) is 0. The smallest absolute Gasteiger partial charge is 0.123 e. The van der Waals surface area contributed by atoms with E-state index in [1.807, 2.05) is 37.3 Å². The molecular formula is C17H22BrNO2. The van der Waals surface area contributed by atoms with Crippen LogP contribution >= 0.6 is 17.0 Å². The highest BCUT2D eigenvalue weighted by molar-refractivity contribution is 8.93. The van der Waals surface area contributed by atoms with Crippen molar-refractivity contribution in [3.05, 3.63) is 59.7 Å². The van der Waals surface area contributed by atoms with Crippen molar-refractivity contribution in [1.29, 1.82) is 0 Å². The maximum absolute atomic E-state index is 5.43. The van der Waals surface area contributed by atoms with Crippen LogP contribution in [0.5, 0.6) is 11.5 Å². The van der Waals surface area contributed by atoms with Gasteiger partial charge >= 0.3 is 0 Å². The van der Waals surface area contributed by atoms with Crippen molar-refractivity contribution >= 4 is 17.0 Å². The van der Waals surface area contributed by atoms with Crippen molar-refractivity contribution in [2.24, 2.45) is 0 Å². The van der Waals surface area contributed by atoms with Gasteiger partial charge in [-0.3, -0.25) is 0 Å². The van der Waals surface area contributed by atoms with Crippen molar-refractivity contribution in [2.75, 3.05) is 13.7 Å². The zero-order valence-electron chi connectivity index (χ0n) is 12.5. The molecule has 0 saturated carbocycles. The standard InChI is InChI=1S/C17H21NO2.BrH/c1-3-20-16-10-8-14(9-11-16)12-18-13-15-6-4-5-7-17(15)19-2;/h4-11,18H,3,12-13H2,1-2H3;1H. The van der Waals surface area contributed by atoms with E-state index in [2.05, 4.69) is 23.5 Å². The quantitative estimate of drug-likeness (QED) is 0.818. The number of para-hydroxylation sites is 1. The molecule has 0 unspecified atom stereocenters. The molecule has 2 aromatic rings. The van der Waals surface area contributed by atoms with Crippen LogP contribution in [0, 0.1) is 0 Å². The lowest BCUT2D eigenvalue weighted by atomic mass is 10.2. The normalized spacial score (nSPS) is 9.81. The van der Waals surface area contributed by atoms with Crippen LogP contribution in [0.3, 0.4) is 0 Å². The summed E-state index contributed by atoms with van der Waals surface area (Å²) in [6.07, 6.45) is 0. The fourth-order valence-corrected chi connectivity index (χ4v) is 2.06.